The van der Waals surface area contributed by atoms with Gasteiger partial charge in [-0.25, -0.2) is 9.59 Å². The predicted molar refractivity (Wildman–Crippen MR) is 156 cm³/mol. The Morgan fingerprint density at radius 2 is 1.10 bits per heavy atom. The van der Waals surface area contributed by atoms with Crippen LogP contribution in [0.4, 0.5) is 11.4 Å². The maximum Gasteiger partial charge on any atom is 0.373 e. The highest BCUT2D eigenvalue weighted by molar-refractivity contribution is 5.89. The third kappa shape index (κ3) is 24.0. The molecule has 0 spiro atoms. The summed E-state index contributed by atoms with van der Waals surface area (Å²) < 4.78 is 9.73. The zero-order valence-electron chi connectivity index (χ0n) is 24.9. The van der Waals surface area contributed by atoms with Crippen LogP contribution in [0, 0.1) is 13.8 Å². The zero-order chi connectivity index (χ0) is 32.1. The van der Waals surface area contributed by atoms with Gasteiger partial charge < -0.3 is 20.5 Å². The molecule has 41 heavy (non-hydrogen) atoms. The fourth-order valence-corrected chi connectivity index (χ4v) is 2.61. The molecule has 2 aromatic carbocycles. The predicted octanol–water partition coefficient (Wildman–Crippen LogP) is 5.58. The van der Waals surface area contributed by atoms with E-state index in [2.05, 4.69) is 5.32 Å². The quantitative estimate of drug-likeness (QED) is 0.233. The van der Waals surface area contributed by atoms with Crippen molar-refractivity contribution in [1.29, 1.82) is 0 Å². The third-order valence-corrected chi connectivity index (χ3v) is 4.73. The maximum atomic E-state index is 11.5. The van der Waals surface area contributed by atoms with Crippen LogP contribution in [-0.4, -0.2) is 37.5 Å². The monoisotopic (exact) mass is 570 g/mol. The first-order valence-electron chi connectivity index (χ1n) is 12.9. The lowest BCUT2D eigenvalue weighted by atomic mass is 10.2. The number of nitrogen functional groups attached to an aromatic ring is 1. The summed E-state index contributed by atoms with van der Waals surface area (Å²) in [4.78, 5) is 54.9. The fraction of sp³-hybridized carbons (Fsp3) is 0.355. The molecule has 0 aromatic heterocycles. The lowest BCUT2D eigenvalue weighted by Gasteiger charge is -2.06. The highest BCUT2D eigenvalue weighted by atomic mass is 16.5. The van der Waals surface area contributed by atoms with E-state index < -0.39 is 0 Å². The Morgan fingerprint density at radius 1 is 0.732 bits per heavy atom. The lowest BCUT2D eigenvalue weighted by molar-refractivity contribution is -0.193. The minimum Gasteiger partial charge on any atom is -0.463 e. The number of nitrogens with one attached hydrogen (secondary N) is 1. The summed E-state index contributed by atoms with van der Waals surface area (Å²) in [6.45, 7) is 14.3. The van der Waals surface area contributed by atoms with E-state index in [1.54, 1.807) is 26.1 Å². The molecule has 0 fully saturated rings. The van der Waals surface area contributed by atoms with Gasteiger partial charge in [-0.3, -0.25) is 0 Å². The topological polar surface area (TPSA) is 159 Å². The Morgan fingerprint density at radius 3 is 1.41 bits per heavy atom. The van der Waals surface area contributed by atoms with Crippen molar-refractivity contribution < 1.29 is 38.2 Å². The van der Waals surface area contributed by atoms with Gasteiger partial charge in [-0.1, -0.05) is 55.3 Å². The van der Waals surface area contributed by atoms with Crippen LogP contribution >= 0.6 is 0 Å². The minimum absolute atomic E-state index is 0.187. The number of allylic oxidation sites excluding steroid dienone is 1. The molecule has 0 aliphatic rings. The van der Waals surface area contributed by atoms with E-state index in [0.717, 1.165) is 23.4 Å². The number of benzene rings is 2. The molecule has 0 bridgehead atoms. The van der Waals surface area contributed by atoms with Crippen LogP contribution in [0.3, 0.4) is 0 Å². The molecule has 2 aromatic rings. The minimum atomic E-state index is -0.255. The van der Waals surface area contributed by atoms with Crippen LogP contribution in [0.2, 0.25) is 0 Å². The number of carbonyl (C=O) groups is 2. The van der Waals surface area contributed by atoms with E-state index in [4.69, 9.17) is 34.4 Å². The molecule has 0 saturated carbocycles. The first-order chi connectivity index (χ1) is 19.5. The SMILES string of the molecule is C/C=C(\CC)C(=O)OCC.CCOC(=O)/C(=C/Nc1ccc(C)cc1)CC.Cc1ccc(N)cc1.O=C=O.O=C=O. The number of esters is 2. The zero-order valence-corrected chi connectivity index (χ0v) is 24.9. The van der Waals surface area contributed by atoms with Crippen LogP contribution < -0.4 is 11.1 Å². The van der Waals surface area contributed by atoms with Gasteiger partial charge in [0.05, 0.1) is 18.8 Å². The summed E-state index contributed by atoms with van der Waals surface area (Å²) in [6, 6.07) is 15.8. The van der Waals surface area contributed by atoms with Crippen molar-refractivity contribution in [3.8, 4) is 0 Å². The van der Waals surface area contributed by atoms with E-state index in [0.29, 0.717) is 25.2 Å². The van der Waals surface area contributed by atoms with E-state index in [1.807, 2.05) is 83.1 Å². The van der Waals surface area contributed by atoms with Crippen LogP contribution in [0.5, 0.6) is 0 Å². The first-order valence-corrected chi connectivity index (χ1v) is 12.9. The Labute approximate surface area is 242 Å². The van der Waals surface area contributed by atoms with Crippen LogP contribution in [-0.2, 0) is 38.2 Å². The second-order valence-electron chi connectivity index (χ2n) is 7.72. The Hall–Kier alpha value is -4.78. The summed E-state index contributed by atoms with van der Waals surface area (Å²) in [5.41, 5.74) is 11.1. The van der Waals surface area contributed by atoms with Gasteiger partial charge in [0.15, 0.2) is 0 Å². The van der Waals surface area contributed by atoms with Crippen molar-refractivity contribution in [3.05, 3.63) is 83.1 Å². The average Bonchev–Trinajstić information content (AvgIpc) is 2.94. The molecule has 10 nitrogen and oxygen atoms in total. The highest BCUT2D eigenvalue weighted by Crippen LogP contribution is 2.11. The molecule has 3 N–H and O–H groups in total. The van der Waals surface area contributed by atoms with E-state index in [-0.39, 0.29) is 24.2 Å². The molecular weight excluding hydrogens is 528 g/mol. The number of hydrogen-bond donors (Lipinski definition) is 2. The molecule has 0 amide bonds. The van der Waals surface area contributed by atoms with Gasteiger partial charge >= 0.3 is 24.2 Å². The summed E-state index contributed by atoms with van der Waals surface area (Å²) in [7, 11) is 0. The number of ether oxygens (including phenoxy) is 2. The molecule has 2 rings (SSSR count). The average molecular weight is 571 g/mol. The van der Waals surface area contributed by atoms with Gasteiger partial charge in [-0.05, 0) is 71.7 Å². The second-order valence-corrected chi connectivity index (χ2v) is 7.72. The smallest absolute Gasteiger partial charge is 0.373 e. The van der Waals surface area contributed by atoms with E-state index >= 15 is 0 Å². The Balaban J connectivity index is -0.000000512. The van der Waals surface area contributed by atoms with Gasteiger partial charge in [0.2, 0.25) is 0 Å². The first kappa shape index (κ1) is 40.7. The van der Waals surface area contributed by atoms with Crippen molar-refractivity contribution in [3.63, 3.8) is 0 Å². The number of aryl methyl sites for hydroxylation is 2. The molecule has 0 radical (unpaired) electrons. The summed E-state index contributed by atoms with van der Waals surface area (Å²) >= 11 is 0. The molecule has 0 unspecified atom stereocenters. The third-order valence-electron chi connectivity index (χ3n) is 4.73. The van der Waals surface area contributed by atoms with Gasteiger partial charge in [0.25, 0.3) is 0 Å². The van der Waals surface area contributed by atoms with E-state index in [1.165, 1.54) is 11.1 Å². The van der Waals surface area contributed by atoms with Crippen molar-refractivity contribution >= 4 is 35.6 Å². The Kier molecular flexibility index (Phi) is 28.0. The number of nitrogens with two attached hydrogens (primary N) is 1. The lowest BCUT2D eigenvalue weighted by Crippen LogP contribution is -2.08. The molecular formula is C31H42N2O8. The second kappa shape index (κ2) is 28.2. The van der Waals surface area contributed by atoms with Crippen molar-refractivity contribution in [1.82, 2.24) is 0 Å². The standard InChI is InChI=1S/C14H19NO2.C8H14O2.C7H9N.2CO2/c1-4-12(14(16)17-5-2)10-15-13-8-6-11(3)7-9-13;1-4-7(5-2)8(9)10-6-3;1-6-2-4-7(8)5-3-6;2*2-1-3/h6-10,15H,4-5H2,1-3H3;4H,5-6H2,1-3H3;2-5H,8H2,1H3;;/b12-10+;7-4+;;;. The van der Waals surface area contributed by atoms with Crippen molar-refractivity contribution in [2.24, 2.45) is 0 Å². The van der Waals surface area contributed by atoms with Gasteiger partial charge in [-0.2, -0.15) is 19.2 Å². The Bertz CT molecular complexity index is 1080. The van der Waals surface area contributed by atoms with Crippen LogP contribution in [0.25, 0.3) is 0 Å². The van der Waals surface area contributed by atoms with Crippen LogP contribution in [0.15, 0.2) is 72.0 Å². The highest BCUT2D eigenvalue weighted by Gasteiger charge is 2.07. The molecule has 0 heterocycles. The van der Waals surface area contributed by atoms with Gasteiger partial charge in [0, 0.05) is 23.1 Å². The molecule has 0 saturated heterocycles. The van der Waals surface area contributed by atoms with Gasteiger partial charge in [-0.15, -0.1) is 0 Å². The summed E-state index contributed by atoms with van der Waals surface area (Å²) in [6.07, 6.45) is 5.40. The number of hydrogen-bond acceptors (Lipinski definition) is 10. The maximum absolute atomic E-state index is 11.5. The summed E-state index contributed by atoms with van der Waals surface area (Å²) in [5, 5.41) is 3.10. The molecule has 0 atom stereocenters. The molecule has 0 aliphatic heterocycles. The number of carbonyl (C=O) groups excluding carboxylic acids is 6. The molecule has 0 aliphatic carbocycles. The van der Waals surface area contributed by atoms with Crippen molar-refractivity contribution in [2.45, 2.75) is 61.3 Å². The fourth-order valence-electron chi connectivity index (χ4n) is 2.61. The van der Waals surface area contributed by atoms with Crippen LogP contribution in [0.1, 0.15) is 58.6 Å². The number of rotatable bonds is 8. The van der Waals surface area contributed by atoms with Crippen molar-refractivity contribution in [2.75, 3.05) is 24.3 Å². The molecule has 10 heteroatoms. The van der Waals surface area contributed by atoms with Gasteiger partial charge in [0.1, 0.15) is 0 Å². The normalized spacial score (nSPS) is 9.54. The number of anilines is 2. The summed E-state index contributed by atoms with van der Waals surface area (Å²) in [5.74, 6) is -0.442. The largest absolute Gasteiger partial charge is 0.463 e. The van der Waals surface area contributed by atoms with E-state index in [9.17, 15) is 9.59 Å². The molecule has 224 valence electrons.